The van der Waals surface area contributed by atoms with Crippen LogP contribution in [0.4, 0.5) is 11.4 Å². The van der Waals surface area contributed by atoms with Crippen molar-refractivity contribution in [3.63, 3.8) is 0 Å². The summed E-state index contributed by atoms with van der Waals surface area (Å²) in [5, 5.41) is 3.20. The summed E-state index contributed by atoms with van der Waals surface area (Å²) >= 11 is 0. The van der Waals surface area contributed by atoms with Gasteiger partial charge in [-0.05, 0) is 19.1 Å². The van der Waals surface area contributed by atoms with Gasteiger partial charge < -0.3 is 15.8 Å². The Labute approximate surface area is 78.9 Å². The van der Waals surface area contributed by atoms with Crippen LogP contribution in [0.5, 0.6) is 0 Å². The summed E-state index contributed by atoms with van der Waals surface area (Å²) in [5.74, 6) is 0. The highest BCUT2D eigenvalue weighted by atomic mass is 16.5. The lowest BCUT2D eigenvalue weighted by atomic mass is 10.3. The first-order chi connectivity index (χ1) is 6.34. The molecule has 0 heterocycles. The maximum absolute atomic E-state index is 5.73. The van der Waals surface area contributed by atoms with Crippen LogP contribution < -0.4 is 11.1 Å². The second kappa shape index (κ2) is 5.43. The van der Waals surface area contributed by atoms with E-state index in [-0.39, 0.29) is 0 Å². The maximum Gasteiger partial charge on any atom is 0.0638 e. The highest BCUT2D eigenvalue weighted by Gasteiger charge is 1.94. The molecule has 0 aliphatic rings. The largest absolute Gasteiger partial charge is 0.397 e. The van der Waals surface area contributed by atoms with Crippen LogP contribution in [-0.4, -0.2) is 19.8 Å². The smallest absolute Gasteiger partial charge is 0.0638 e. The van der Waals surface area contributed by atoms with Crippen molar-refractivity contribution in [2.75, 3.05) is 30.8 Å². The van der Waals surface area contributed by atoms with Gasteiger partial charge in [0.15, 0.2) is 0 Å². The minimum Gasteiger partial charge on any atom is -0.397 e. The van der Waals surface area contributed by atoms with Gasteiger partial charge in [0.05, 0.1) is 18.0 Å². The summed E-state index contributed by atoms with van der Waals surface area (Å²) in [7, 11) is 0. The predicted molar refractivity (Wildman–Crippen MR) is 55.8 cm³/mol. The normalized spacial score (nSPS) is 9.92. The number of ether oxygens (including phenoxy) is 1. The highest BCUT2D eigenvalue weighted by molar-refractivity contribution is 5.65. The van der Waals surface area contributed by atoms with E-state index in [4.69, 9.17) is 10.5 Å². The van der Waals surface area contributed by atoms with Gasteiger partial charge in [-0.1, -0.05) is 12.1 Å². The molecule has 0 aromatic heterocycles. The molecule has 0 amide bonds. The first-order valence-corrected chi connectivity index (χ1v) is 4.50. The molecule has 1 aromatic rings. The second-order valence-electron chi connectivity index (χ2n) is 2.71. The number of nitrogens with two attached hydrogens (primary N) is 1. The van der Waals surface area contributed by atoms with Crippen molar-refractivity contribution in [1.82, 2.24) is 0 Å². The van der Waals surface area contributed by atoms with Crippen LogP contribution in [0.3, 0.4) is 0 Å². The van der Waals surface area contributed by atoms with Crippen LogP contribution >= 0.6 is 0 Å². The van der Waals surface area contributed by atoms with Gasteiger partial charge in [-0.25, -0.2) is 0 Å². The number of benzene rings is 1. The lowest BCUT2D eigenvalue weighted by Crippen LogP contribution is -2.10. The second-order valence-corrected chi connectivity index (χ2v) is 2.71. The van der Waals surface area contributed by atoms with Crippen molar-refractivity contribution in [3.05, 3.63) is 24.3 Å². The number of hydrogen-bond donors (Lipinski definition) is 2. The lowest BCUT2D eigenvalue weighted by Gasteiger charge is -2.08. The molecule has 3 nitrogen and oxygen atoms in total. The van der Waals surface area contributed by atoms with E-state index in [1.165, 1.54) is 0 Å². The number of nitrogens with one attached hydrogen (secondary N) is 1. The fourth-order valence-electron chi connectivity index (χ4n) is 1.06. The monoisotopic (exact) mass is 180 g/mol. The topological polar surface area (TPSA) is 47.3 Å². The van der Waals surface area contributed by atoms with Gasteiger partial charge in [0.25, 0.3) is 0 Å². The first kappa shape index (κ1) is 9.86. The van der Waals surface area contributed by atoms with E-state index in [0.717, 1.165) is 24.5 Å². The zero-order valence-corrected chi connectivity index (χ0v) is 7.92. The van der Waals surface area contributed by atoms with E-state index in [0.29, 0.717) is 6.61 Å². The van der Waals surface area contributed by atoms with Gasteiger partial charge in [0.1, 0.15) is 0 Å². The van der Waals surface area contributed by atoms with Crippen LogP contribution in [0.25, 0.3) is 0 Å². The molecule has 0 saturated carbocycles. The van der Waals surface area contributed by atoms with Gasteiger partial charge in [-0.15, -0.1) is 0 Å². The number of nitrogen functional groups attached to an aromatic ring is 1. The molecule has 1 rings (SSSR count). The fraction of sp³-hybridized carbons (Fsp3) is 0.400. The first-order valence-electron chi connectivity index (χ1n) is 4.50. The molecule has 0 bridgehead atoms. The summed E-state index contributed by atoms with van der Waals surface area (Å²) in [5.41, 5.74) is 7.48. The maximum atomic E-state index is 5.73. The average molecular weight is 180 g/mol. The summed E-state index contributed by atoms with van der Waals surface area (Å²) < 4.78 is 5.19. The van der Waals surface area contributed by atoms with Crippen LogP contribution in [0.1, 0.15) is 6.92 Å². The molecule has 0 saturated heterocycles. The van der Waals surface area contributed by atoms with Gasteiger partial charge in [0.2, 0.25) is 0 Å². The Bertz CT molecular complexity index is 250. The van der Waals surface area contributed by atoms with E-state index in [1.807, 2.05) is 31.2 Å². The Morgan fingerprint density at radius 1 is 1.38 bits per heavy atom. The molecule has 3 N–H and O–H groups in total. The third-order valence-corrected chi connectivity index (χ3v) is 1.73. The summed E-state index contributed by atoms with van der Waals surface area (Å²) in [6.45, 7) is 4.25. The number of hydrogen-bond acceptors (Lipinski definition) is 3. The fourth-order valence-corrected chi connectivity index (χ4v) is 1.06. The molecular formula is C10H16N2O. The van der Waals surface area contributed by atoms with Crippen LogP contribution in [0.15, 0.2) is 24.3 Å². The molecule has 0 spiro atoms. The number of anilines is 2. The third-order valence-electron chi connectivity index (χ3n) is 1.73. The van der Waals surface area contributed by atoms with Gasteiger partial charge in [-0.3, -0.25) is 0 Å². The zero-order chi connectivity index (χ0) is 9.52. The van der Waals surface area contributed by atoms with Gasteiger partial charge in [-0.2, -0.15) is 0 Å². The molecular weight excluding hydrogens is 164 g/mol. The van der Waals surface area contributed by atoms with Crippen molar-refractivity contribution >= 4 is 11.4 Å². The van der Waals surface area contributed by atoms with Crippen LogP contribution in [0, 0.1) is 0 Å². The van der Waals surface area contributed by atoms with Crippen molar-refractivity contribution in [3.8, 4) is 0 Å². The van der Waals surface area contributed by atoms with Crippen molar-refractivity contribution < 1.29 is 4.74 Å². The minimum atomic E-state index is 0.713. The SMILES string of the molecule is CCOCCNc1ccccc1N. The van der Waals surface area contributed by atoms with Crippen LogP contribution in [0.2, 0.25) is 0 Å². The van der Waals surface area contributed by atoms with Gasteiger partial charge >= 0.3 is 0 Å². The van der Waals surface area contributed by atoms with Gasteiger partial charge in [0, 0.05) is 13.2 Å². The van der Waals surface area contributed by atoms with E-state index in [2.05, 4.69) is 5.32 Å². The Morgan fingerprint density at radius 3 is 2.85 bits per heavy atom. The Hall–Kier alpha value is -1.22. The van der Waals surface area contributed by atoms with E-state index < -0.39 is 0 Å². The molecule has 0 radical (unpaired) electrons. The zero-order valence-electron chi connectivity index (χ0n) is 7.92. The molecule has 0 aliphatic carbocycles. The highest BCUT2D eigenvalue weighted by Crippen LogP contribution is 2.15. The summed E-state index contributed by atoms with van der Waals surface area (Å²) in [6, 6.07) is 7.71. The summed E-state index contributed by atoms with van der Waals surface area (Å²) in [4.78, 5) is 0. The quantitative estimate of drug-likeness (QED) is 0.535. The minimum absolute atomic E-state index is 0.713. The third kappa shape index (κ3) is 3.34. The Kier molecular flexibility index (Phi) is 4.12. The molecule has 3 heteroatoms. The van der Waals surface area contributed by atoms with Crippen LogP contribution in [-0.2, 0) is 4.74 Å². The predicted octanol–water partition coefficient (Wildman–Crippen LogP) is 1.72. The lowest BCUT2D eigenvalue weighted by molar-refractivity contribution is 0.158. The van der Waals surface area contributed by atoms with Crippen molar-refractivity contribution in [2.24, 2.45) is 0 Å². The molecule has 0 unspecified atom stereocenters. The Balaban J connectivity index is 2.32. The molecule has 1 aromatic carbocycles. The molecule has 0 atom stereocenters. The standard InChI is InChI=1S/C10H16N2O/c1-2-13-8-7-12-10-6-4-3-5-9(10)11/h3-6,12H,2,7-8,11H2,1H3. The van der Waals surface area contributed by atoms with Crippen molar-refractivity contribution in [1.29, 1.82) is 0 Å². The van der Waals surface area contributed by atoms with E-state index in [1.54, 1.807) is 0 Å². The molecule has 13 heavy (non-hydrogen) atoms. The number of para-hydroxylation sites is 2. The van der Waals surface area contributed by atoms with E-state index in [9.17, 15) is 0 Å². The molecule has 0 aliphatic heterocycles. The Morgan fingerprint density at radius 2 is 2.15 bits per heavy atom. The summed E-state index contributed by atoms with van der Waals surface area (Å²) in [6.07, 6.45) is 0. The average Bonchev–Trinajstić information content (AvgIpc) is 2.15. The molecule has 0 fully saturated rings. The van der Waals surface area contributed by atoms with E-state index >= 15 is 0 Å². The van der Waals surface area contributed by atoms with Crippen molar-refractivity contribution in [2.45, 2.75) is 6.92 Å². The molecule has 72 valence electrons. The number of rotatable bonds is 5.